The summed E-state index contributed by atoms with van der Waals surface area (Å²) in [6, 6.07) is 0. The van der Waals surface area contributed by atoms with E-state index >= 15 is 0 Å². The molecular formula is C18H43Cu2N7O10. The van der Waals surface area contributed by atoms with Crippen LogP contribution >= 0.6 is 0 Å². The third-order valence-electron chi connectivity index (χ3n) is 2.58. The Bertz CT molecular complexity index is 462. The normalized spacial score (nSPS) is 9.08. The van der Waals surface area contributed by atoms with Crippen molar-refractivity contribution in [3.05, 3.63) is 20.8 Å². The van der Waals surface area contributed by atoms with E-state index in [1.807, 2.05) is 0 Å². The van der Waals surface area contributed by atoms with Gasteiger partial charge in [-0.05, 0) is 72.1 Å². The first-order chi connectivity index (χ1) is 16.1. The number of carboxylic acids is 2. The minimum absolute atomic E-state index is 0. The minimum atomic E-state index is -1.17. The van der Waals surface area contributed by atoms with Gasteiger partial charge in [0.25, 0.3) is 0 Å². The molecule has 0 heterocycles. The number of carbonyl (C=O) groups is 2. The molecule has 0 aliphatic heterocycles. The molecule has 0 saturated carbocycles. The molecule has 0 bridgehead atoms. The zero-order chi connectivity index (χ0) is 29.4. The third kappa shape index (κ3) is 87.1. The molecule has 0 aliphatic carbocycles. The van der Waals surface area contributed by atoms with Crippen molar-refractivity contribution in [3.8, 4) is 0 Å². The number of aliphatic hydroxyl groups excluding tert-OH is 1. The van der Waals surface area contributed by atoms with Gasteiger partial charge in [0.15, 0.2) is 0 Å². The van der Waals surface area contributed by atoms with Crippen LogP contribution in [0.3, 0.4) is 0 Å². The Hall–Kier alpha value is -2.14. The van der Waals surface area contributed by atoms with Gasteiger partial charge in [-0.2, -0.15) is 10.0 Å². The summed E-state index contributed by atoms with van der Waals surface area (Å²) in [6.45, 7) is 18.7. The van der Waals surface area contributed by atoms with E-state index in [1.165, 1.54) is 16.9 Å². The smallest absolute Gasteiger partial charge is 0.737 e. The molecule has 3 N–H and O–H groups in total. The van der Waals surface area contributed by atoms with Gasteiger partial charge in [0, 0.05) is 21.9 Å². The van der Waals surface area contributed by atoms with Gasteiger partial charge >= 0.3 is 34.1 Å². The Labute approximate surface area is 240 Å². The van der Waals surface area contributed by atoms with Crippen molar-refractivity contribution >= 4 is 11.9 Å². The molecule has 0 aliphatic rings. The zero-order valence-electron chi connectivity index (χ0n) is 22.8. The number of aliphatic carboxylic acids is 2. The monoisotopic (exact) mass is 643 g/mol. The Morgan fingerprint density at radius 1 is 0.757 bits per heavy atom. The molecule has 0 rings (SSSR count). The average molecular weight is 645 g/mol. The molecule has 37 heavy (non-hydrogen) atoms. The van der Waals surface area contributed by atoms with Crippen LogP contribution in [0.1, 0.15) is 62.3 Å². The molecule has 0 amide bonds. The molecule has 0 aromatic rings. The maximum atomic E-state index is 10.3. The SMILES string of the molecule is CC(=O)[O-].CC(=O)[O-].CC(O)O.CCN(CC)/[N+]([O-])=N/[O-].CCN(CC)/[N+]([O-])=N/[O-].CCNCC.[Cu+2].[Cu+2]. The number of hydrogen-bond acceptors (Lipinski definition) is 13. The van der Waals surface area contributed by atoms with Crippen LogP contribution in [0.4, 0.5) is 0 Å². The predicted octanol–water partition coefficient (Wildman–Crippen LogP) is -1.15. The van der Waals surface area contributed by atoms with Gasteiger partial charge < -0.3 is 56.2 Å². The molecule has 0 saturated heterocycles. The van der Waals surface area contributed by atoms with Crippen molar-refractivity contribution in [3.63, 3.8) is 0 Å². The quantitative estimate of drug-likeness (QED) is 0.0927. The number of nitrogens with one attached hydrogen (secondary N) is 1. The Kier molecular flexibility index (Phi) is 70.5. The molecular weight excluding hydrogens is 601 g/mol. The first-order valence-electron chi connectivity index (χ1n) is 10.7. The maximum Gasteiger partial charge on any atom is 2.00 e. The Morgan fingerprint density at radius 2 is 0.919 bits per heavy atom. The summed E-state index contributed by atoms with van der Waals surface area (Å²) in [5, 5.41) is 82.9. The summed E-state index contributed by atoms with van der Waals surface area (Å²) < 4.78 is 0. The first-order valence-corrected chi connectivity index (χ1v) is 10.7. The van der Waals surface area contributed by atoms with E-state index in [9.17, 15) is 20.8 Å². The fourth-order valence-electron chi connectivity index (χ4n) is 1.28. The molecule has 232 valence electrons. The van der Waals surface area contributed by atoms with Gasteiger partial charge in [0.1, 0.15) is 6.29 Å². The number of nitrogens with zero attached hydrogens (tertiary/aromatic N) is 6. The van der Waals surface area contributed by atoms with E-state index in [-0.39, 0.29) is 44.1 Å². The first kappa shape index (κ1) is 55.4. The molecule has 0 aromatic carbocycles. The Morgan fingerprint density at radius 3 is 0.946 bits per heavy atom. The van der Waals surface area contributed by atoms with Crippen molar-refractivity contribution in [1.82, 2.24) is 15.3 Å². The average Bonchev–Trinajstić information content (AvgIpc) is 2.75. The van der Waals surface area contributed by atoms with Gasteiger partial charge in [0.05, 0.1) is 26.2 Å². The zero-order valence-corrected chi connectivity index (χ0v) is 24.7. The second-order valence-electron chi connectivity index (χ2n) is 5.52. The fraction of sp³-hybridized carbons (Fsp3) is 0.889. The number of rotatable bonds is 8. The molecule has 2 radical (unpaired) electrons. The van der Waals surface area contributed by atoms with E-state index in [1.54, 1.807) is 27.7 Å². The van der Waals surface area contributed by atoms with Crippen LogP contribution in [-0.2, 0) is 43.7 Å². The molecule has 0 spiro atoms. The second kappa shape index (κ2) is 47.1. The number of hydrogen-bond donors (Lipinski definition) is 3. The second-order valence-corrected chi connectivity index (χ2v) is 5.52. The van der Waals surface area contributed by atoms with Gasteiger partial charge in [-0.15, -0.1) is 0 Å². The van der Waals surface area contributed by atoms with Crippen LogP contribution in [0.2, 0.25) is 0 Å². The summed E-state index contributed by atoms with van der Waals surface area (Å²) in [5.74, 6) is -2.17. The van der Waals surface area contributed by atoms with Gasteiger partial charge in [0.2, 0.25) is 0 Å². The standard InChI is InChI=1S/2C4H11N3O2.C4H11N.C2H6O2.2C2H4O2.2Cu/c2*1-3-6(4-2)7(9)5-8;1-3-5-4-2;3*1-2(3)4;;/h2*8H,3-4H2,1-2H3;5H,3-4H2,1-2H3;2-4H,1H3;2*1H3,(H,3,4);;/q;;;;;;2*+2/p-4/b2*7-5-;;;;;;. The van der Waals surface area contributed by atoms with Crippen molar-refractivity contribution in [2.45, 2.75) is 68.6 Å². The Balaban J connectivity index is -0.0000000468. The number of carboxylic acid groups (broad SMARTS) is 2. The molecule has 19 heteroatoms. The van der Waals surface area contributed by atoms with Crippen LogP contribution < -0.4 is 15.5 Å². The van der Waals surface area contributed by atoms with E-state index in [0.717, 1.165) is 26.9 Å². The van der Waals surface area contributed by atoms with Crippen molar-refractivity contribution < 1.29 is 74.1 Å². The van der Waals surface area contributed by atoms with Crippen LogP contribution in [-0.4, -0.2) is 87.7 Å². The molecule has 0 aromatic heterocycles. The van der Waals surface area contributed by atoms with E-state index in [0.29, 0.717) is 26.2 Å². The number of carbonyl (C=O) groups excluding carboxylic acids is 2. The topological polar surface area (TPSA) is 262 Å². The van der Waals surface area contributed by atoms with Crippen molar-refractivity contribution in [1.29, 1.82) is 0 Å². The molecule has 0 unspecified atom stereocenters. The minimum Gasteiger partial charge on any atom is -0.737 e. The summed E-state index contributed by atoms with van der Waals surface area (Å²) in [6.07, 6.45) is -1.17. The summed E-state index contributed by atoms with van der Waals surface area (Å²) in [7, 11) is 0. The fourth-order valence-corrected chi connectivity index (χ4v) is 1.28. The van der Waals surface area contributed by atoms with Crippen LogP contribution in [0.25, 0.3) is 0 Å². The third-order valence-corrected chi connectivity index (χ3v) is 2.58. The largest absolute Gasteiger partial charge is 2.00 e. The summed E-state index contributed by atoms with van der Waals surface area (Å²) in [5.41, 5.74) is 0. The van der Waals surface area contributed by atoms with Crippen LogP contribution in [0, 0.1) is 20.8 Å². The van der Waals surface area contributed by atoms with E-state index in [2.05, 4.69) is 29.7 Å². The maximum absolute atomic E-state index is 10.3. The van der Waals surface area contributed by atoms with Gasteiger partial charge in [-0.1, -0.05) is 13.8 Å². The van der Waals surface area contributed by atoms with E-state index < -0.39 is 18.2 Å². The van der Waals surface area contributed by atoms with Gasteiger partial charge in [-0.25, -0.2) is 0 Å². The molecule has 0 atom stereocenters. The van der Waals surface area contributed by atoms with Gasteiger partial charge in [-0.3, -0.25) is 0 Å². The van der Waals surface area contributed by atoms with E-state index in [4.69, 9.17) is 30.0 Å². The van der Waals surface area contributed by atoms with Crippen molar-refractivity contribution in [2.24, 2.45) is 10.6 Å². The van der Waals surface area contributed by atoms with Crippen molar-refractivity contribution in [2.75, 3.05) is 39.3 Å². The summed E-state index contributed by atoms with van der Waals surface area (Å²) >= 11 is 0. The molecule has 0 fully saturated rings. The van der Waals surface area contributed by atoms with Crippen LogP contribution in [0.15, 0.2) is 10.6 Å². The molecule has 17 nitrogen and oxygen atoms in total. The van der Waals surface area contributed by atoms with Crippen LogP contribution in [0.5, 0.6) is 0 Å². The summed E-state index contributed by atoms with van der Waals surface area (Å²) in [4.78, 5) is 17.9. The number of aliphatic hydroxyl groups is 2. The number of hydrazine groups is 2. The predicted molar refractivity (Wildman–Crippen MR) is 124 cm³/mol.